The molecule has 0 saturated carbocycles. The Labute approximate surface area is 142 Å². The fourth-order valence-electron chi connectivity index (χ4n) is 2.63. The van der Waals surface area contributed by atoms with Gasteiger partial charge in [-0.1, -0.05) is 54.6 Å². The molecule has 0 saturated heterocycles. The molecule has 3 rings (SSSR count). The summed E-state index contributed by atoms with van der Waals surface area (Å²) in [7, 11) is 0. The Morgan fingerprint density at radius 1 is 0.875 bits per heavy atom. The first-order valence-corrected chi connectivity index (χ1v) is 8.28. The summed E-state index contributed by atoms with van der Waals surface area (Å²) in [5.41, 5.74) is 4.69. The first-order valence-electron chi connectivity index (χ1n) is 8.28. The van der Waals surface area contributed by atoms with Gasteiger partial charge in [-0.05, 0) is 29.7 Å². The highest BCUT2D eigenvalue weighted by Crippen LogP contribution is 2.06. The zero-order chi connectivity index (χ0) is 16.6. The van der Waals surface area contributed by atoms with Gasteiger partial charge in [-0.2, -0.15) is 5.10 Å². The van der Waals surface area contributed by atoms with Crippen LogP contribution in [0.4, 0.5) is 0 Å². The SMILES string of the molecule is OCc1ccc(CCNCc2cnn(Cc3ccccc3)c2)cc1. The Morgan fingerprint density at radius 3 is 2.38 bits per heavy atom. The van der Waals surface area contributed by atoms with Crippen molar-refractivity contribution < 1.29 is 5.11 Å². The van der Waals surface area contributed by atoms with Gasteiger partial charge in [-0.3, -0.25) is 4.68 Å². The molecule has 2 N–H and O–H groups in total. The van der Waals surface area contributed by atoms with Crippen LogP contribution in [0.25, 0.3) is 0 Å². The van der Waals surface area contributed by atoms with Gasteiger partial charge in [0.05, 0.1) is 19.3 Å². The second kappa shape index (κ2) is 8.43. The van der Waals surface area contributed by atoms with Crippen LogP contribution in [-0.4, -0.2) is 21.4 Å². The Hall–Kier alpha value is -2.43. The van der Waals surface area contributed by atoms with Crippen molar-refractivity contribution in [2.75, 3.05) is 6.54 Å². The maximum Gasteiger partial charge on any atom is 0.0681 e. The van der Waals surface area contributed by atoms with E-state index in [4.69, 9.17) is 5.11 Å². The Morgan fingerprint density at radius 2 is 1.62 bits per heavy atom. The second-order valence-electron chi connectivity index (χ2n) is 5.93. The van der Waals surface area contributed by atoms with E-state index in [0.717, 1.165) is 31.6 Å². The number of nitrogens with zero attached hydrogens (tertiary/aromatic N) is 2. The standard InChI is InChI=1S/C20H23N3O/c24-16-19-8-6-17(7-9-19)10-11-21-12-20-13-22-23(15-20)14-18-4-2-1-3-5-18/h1-9,13,15,21,24H,10-12,14,16H2. The predicted molar refractivity (Wildman–Crippen MR) is 95.5 cm³/mol. The minimum atomic E-state index is 0.103. The van der Waals surface area contributed by atoms with Crippen LogP contribution in [0.2, 0.25) is 0 Å². The summed E-state index contributed by atoms with van der Waals surface area (Å²) >= 11 is 0. The molecule has 1 heterocycles. The maximum absolute atomic E-state index is 9.04. The number of benzene rings is 2. The molecule has 0 atom stereocenters. The molecule has 4 heteroatoms. The lowest BCUT2D eigenvalue weighted by Gasteiger charge is -2.04. The number of rotatable bonds is 8. The number of aliphatic hydroxyl groups is 1. The van der Waals surface area contributed by atoms with Gasteiger partial charge in [-0.25, -0.2) is 0 Å². The molecule has 24 heavy (non-hydrogen) atoms. The molecule has 4 nitrogen and oxygen atoms in total. The lowest BCUT2D eigenvalue weighted by molar-refractivity contribution is 0.282. The van der Waals surface area contributed by atoms with Crippen LogP contribution in [-0.2, 0) is 26.1 Å². The zero-order valence-corrected chi connectivity index (χ0v) is 13.7. The Balaban J connectivity index is 1.42. The molecule has 0 unspecified atom stereocenters. The van der Waals surface area contributed by atoms with Crippen LogP contribution in [0.1, 0.15) is 22.3 Å². The van der Waals surface area contributed by atoms with E-state index in [1.807, 2.05) is 41.2 Å². The minimum Gasteiger partial charge on any atom is -0.392 e. The molecule has 0 aliphatic heterocycles. The fourth-order valence-corrected chi connectivity index (χ4v) is 2.63. The summed E-state index contributed by atoms with van der Waals surface area (Å²) < 4.78 is 1.97. The summed E-state index contributed by atoms with van der Waals surface area (Å²) in [6.07, 6.45) is 4.99. The molecule has 0 fully saturated rings. The van der Waals surface area contributed by atoms with E-state index >= 15 is 0 Å². The van der Waals surface area contributed by atoms with Gasteiger partial charge in [0.25, 0.3) is 0 Å². The van der Waals surface area contributed by atoms with Crippen molar-refractivity contribution in [3.63, 3.8) is 0 Å². The highest BCUT2D eigenvalue weighted by molar-refractivity contribution is 5.22. The summed E-state index contributed by atoms with van der Waals surface area (Å²) in [5.74, 6) is 0. The van der Waals surface area contributed by atoms with Gasteiger partial charge in [0.2, 0.25) is 0 Å². The highest BCUT2D eigenvalue weighted by atomic mass is 16.3. The van der Waals surface area contributed by atoms with Crippen LogP contribution < -0.4 is 5.32 Å². The largest absolute Gasteiger partial charge is 0.392 e. The third-order valence-electron chi connectivity index (χ3n) is 4.00. The van der Waals surface area contributed by atoms with Crippen molar-refractivity contribution in [3.05, 3.63) is 89.2 Å². The first kappa shape index (κ1) is 16.4. The molecule has 0 bridgehead atoms. The van der Waals surface area contributed by atoms with E-state index in [9.17, 15) is 0 Å². The monoisotopic (exact) mass is 321 g/mol. The number of hydrogen-bond donors (Lipinski definition) is 2. The molecular formula is C20H23N3O. The lowest BCUT2D eigenvalue weighted by Crippen LogP contribution is -2.16. The average molecular weight is 321 g/mol. The van der Waals surface area contributed by atoms with Crippen molar-refractivity contribution >= 4 is 0 Å². The summed E-state index contributed by atoms with van der Waals surface area (Å²) in [4.78, 5) is 0. The number of hydrogen-bond acceptors (Lipinski definition) is 3. The van der Waals surface area contributed by atoms with Gasteiger partial charge in [0.15, 0.2) is 0 Å². The van der Waals surface area contributed by atoms with Crippen LogP contribution >= 0.6 is 0 Å². The third kappa shape index (κ3) is 4.78. The van der Waals surface area contributed by atoms with E-state index in [1.54, 1.807) is 0 Å². The third-order valence-corrected chi connectivity index (χ3v) is 4.00. The molecule has 0 spiro atoms. The Kier molecular flexibility index (Phi) is 5.77. The number of aromatic nitrogens is 2. The molecule has 0 radical (unpaired) electrons. The van der Waals surface area contributed by atoms with E-state index in [2.05, 4.69) is 40.9 Å². The highest BCUT2D eigenvalue weighted by Gasteiger charge is 2.00. The zero-order valence-electron chi connectivity index (χ0n) is 13.7. The number of nitrogens with one attached hydrogen (secondary N) is 1. The lowest BCUT2D eigenvalue weighted by atomic mass is 10.1. The normalized spacial score (nSPS) is 10.9. The molecule has 2 aromatic carbocycles. The van der Waals surface area contributed by atoms with Crippen molar-refractivity contribution in [1.29, 1.82) is 0 Å². The molecule has 3 aromatic rings. The summed E-state index contributed by atoms with van der Waals surface area (Å²) in [5, 5.41) is 16.9. The van der Waals surface area contributed by atoms with Gasteiger partial charge in [0.1, 0.15) is 0 Å². The first-order chi connectivity index (χ1) is 11.8. The van der Waals surface area contributed by atoms with Gasteiger partial charge in [0, 0.05) is 18.3 Å². The van der Waals surface area contributed by atoms with Crippen LogP contribution in [0.3, 0.4) is 0 Å². The molecule has 124 valence electrons. The van der Waals surface area contributed by atoms with E-state index in [1.165, 1.54) is 16.7 Å². The van der Waals surface area contributed by atoms with Crippen molar-refractivity contribution in [2.45, 2.75) is 26.1 Å². The van der Waals surface area contributed by atoms with Crippen LogP contribution in [0, 0.1) is 0 Å². The van der Waals surface area contributed by atoms with Gasteiger partial charge < -0.3 is 10.4 Å². The van der Waals surface area contributed by atoms with Gasteiger partial charge in [-0.15, -0.1) is 0 Å². The van der Waals surface area contributed by atoms with E-state index in [-0.39, 0.29) is 6.61 Å². The van der Waals surface area contributed by atoms with E-state index in [0.29, 0.717) is 0 Å². The fraction of sp³-hybridized carbons (Fsp3) is 0.250. The van der Waals surface area contributed by atoms with E-state index < -0.39 is 0 Å². The average Bonchev–Trinajstić information content (AvgIpc) is 3.07. The quantitative estimate of drug-likeness (QED) is 0.627. The summed E-state index contributed by atoms with van der Waals surface area (Å²) in [6.45, 7) is 2.65. The summed E-state index contributed by atoms with van der Waals surface area (Å²) in [6, 6.07) is 18.5. The predicted octanol–water partition coefficient (Wildman–Crippen LogP) is 2.76. The van der Waals surface area contributed by atoms with Gasteiger partial charge >= 0.3 is 0 Å². The molecular weight excluding hydrogens is 298 g/mol. The van der Waals surface area contributed by atoms with Crippen LogP contribution in [0.15, 0.2) is 67.0 Å². The van der Waals surface area contributed by atoms with Crippen LogP contribution in [0.5, 0.6) is 0 Å². The maximum atomic E-state index is 9.04. The van der Waals surface area contributed by atoms with Crippen molar-refractivity contribution in [3.8, 4) is 0 Å². The molecule has 0 amide bonds. The Bertz CT molecular complexity index is 735. The van der Waals surface area contributed by atoms with Crippen molar-refractivity contribution in [1.82, 2.24) is 15.1 Å². The molecule has 0 aliphatic rings. The topological polar surface area (TPSA) is 50.1 Å². The van der Waals surface area contributed by atoms with Crippen molar-refractivity contribution in [2.24, 2.45) is 0 Å². The molecule has 1 aromatic heterocycles. The smallest absolute Gasteiger partial charge is 0.0681 e. The minimum absolute atomic E-state index is 0.103. The number of aliphatic hydroxyl groups excluding tert-OH is 1. The molecule has 0 aliphatic carbocycles. The second-order valence-corrected chi connectivity index (χ2v) is 5.93.